The molecule has 0 aliphatic heterocycles. The molecule has 3 N–H and O–H groups in total. The van der Waals surface area contributed by atoms with E-state index in [1.54, 1.807) is 39.0 Å². The molecule has 0 saturated heterocycles. The smallest absolute Gasteiger partial charge is 0.307 e. The van der Waals surface area contributed by atoms with Gasteiger partial charge >= 0.3 is 5.97 Å². The Labute approximate surface area is 147 Å². The van der Waals surface area contributed by atoms with E-state index in [9.17, 15) is 18.0 Å². The van der Waals surface area contributed by atoms with Crippen molar-refractivity contribution in [1.29, 1.82) is 0 Å². The van der Waals surface area contributed by atoms with Crippen LogP contribution in [0.2, 0.25) is 0 Å². The number of carboxylic acids is 1. The summed E-state index contributed by atoms with van der Waals surface area (Å²) in [7, 11) is -3.57. The normalized spacial score (nSPS) is 22.8. The van der Waals surface area contributed by atoms with E-state index in [2.05, 4.69) is 10.0 Å². The molecule has 0 spiro atoms. The summed E-state index contributed by atoms with van der Waals surface area (Å²) in [6, 6.07) is 7.78. The Kier molecular flexibility index (Phi) is 5.53. The van der Waals surface area contributed by atoms with Gasteiger partial charge in [0.15, 0.2) is 0 Å². The molecule has 25 heavy (non-hydrogen) atoms. The van der Waals surface area contributed by atoms with Crippen LogP contribution in [0.1, 0.15) is 27.2 Å². The molecule has 0 heterocycles. The van der Waals surface area contributed by atoms with Gasteiger partial charge in [-0.3, -0.25) is 9.59 Å². The van der Waals surface area contributed by atoms with Crippen LogP contribution in [0.15, 0.2) is 35.2 Å². The van der Waals surface area contributed by atoms with E-state index in [0.717, 1.165) is 0 Å². The van der Waals surface area contributed by atoms with E-state index in [0.29, 0.717) is 6.42 Å². The van der Waals surface area contributed by atoms with Gasteiger partial charge in [0.05, 0.1) is 16.7 Å². The van der Waals surface area contributed by atoms with Crippen LogP contribution in [0.3, 0.4) is 0 Å². The molecule has 7 nitrogen and oxygen atoms in total. The third kappa shape index (κ3) is 4.38. The summed E-state index contributed by atoms with van der Waals surface area (Å²) in [4.78, 5) is 23.5. The Balaban J connectivity index is 1.81. The van der Waals surface area contributed by atoms with Crippen LogP contribution in [0.25, 0.3) is 0 Å². The Bertz CT molecular complexity index is 746. The molecule has 1 amide bonds. The summed E-state index contributed by atoms with van der Waals surface area (Å²) in [5, 5.41) is 11.9. The highest BCUT2D eigenvalue weighted by Crippen LogP contribution is 2.58. The molecule has 2 rings (SSSR count). The maximum Gasteiger partial charge on any atom is 0.307 e. The number of carbonyl (C=O) groups is 2. The fraction of sp³-hybridized carbons (Fsp3) is 0.529. The minimum absolute atomic E-state index is 0.176. The third-order valence-electron chi connectivity index (χ3n) is 4.69. The number of aliphatic carboxylic acids is 1. The summed E-state index contributed by atoms with van der Waals surface area (Å²) >= 11 is 0. The first-order valence-corrected chi connectivity index (χ1v) is 9.63. The number of amides is 1. The highest BCUT2D eigenvalue weighted by atomic mass is 32.2. The predicted octanol–water partition coefficient (Wildman–Crippen LogP) is 1.22. The van der Waals surface area contributed by atoms with Gasteiger partial charge in [0.25, 0.3) is 0 Å². The van der Waals surface area contributed by atoms with Crippen LogP contribution in [0.5, 0.6) is 0 Å². The van der Waals surface area contributed by atoms with Gasteiger partial charge in [-0.25, -0.2) is 13.1 Å². The lowest BCUT2D eigenvalue weighted by atomic mass is 10.1. The number of carbonyl (C=O) groups excluding carboxylic acids is 1. The highest BCUT2D eigenvalue weighted by Gasteiger charge is 2.65. The molecule has 1 saturated carbocycles. The maximum atomic E-state index is 12.2. The Morgan fingerprint density at radius 3 is 2.32 bits per heavy atom. The summed E-state index contributed by atoms with van der Waals surface area (Å²) < 4.78 is 26.7. The van der Waals surface area contributed by atoms with Crippen molar-refractivity contribution in [3.8, 4) is 0 Å². The zero-order valence-corrected chi connectivity index (χ0v) is 15.3. The average molecular weight is 368 g/mol. The molecule has 1 aliphatic rings. The van der Waals surface area contributed by atoms with Crippen molar-refractivity contribution >= 4 is 21.9 Å². The number of sulfonamides is 1. The Hall–Kier alpha value is -1.93. The van der Waals surface area contributed by atoms with Crippen LogP contribution in [-0.2, 0) is 19.6 Å². The molecule has 1 aliphatic carbocycles. The fourth-order valence-corrected chi connectivity index (χ4v) is 4.15. The summed E-state index contributed by atoms with van der Waals surface area (Å²) in [5.74, 6) is -2.48. The molecule has 1 unspecified atom stereocenters. The summed E-state index contributed by atoms with van der Waals surface area (Å²) in [6.07, 6.45) is 0.405. The number of hydrogen-bond donors (Lipinski definition) is 3. The van der Waals surface area contributed by atoms with E-state index in [1.165, 1.54) is 12.1 Å². The lowest BCUT2D eigenvalue weighted by Crippen LogP contribution is -2.37. The minimum atomic E-state index is -3.57. The monoisotopic (exact) mass is 368 g/mol. The topological polar surface area (TPSA) is 113 Å². The van der Waals surface area contributed by atoms with E-state index < -0.39 is 33.2 Å². The number of rotatable bonds is 8. The van der Waals surface area contributed by atoms with Crippen molar-refractivity contribution in [1.82, 2.24) is 10.0 Å². The fourth-order valence-electron chi connectivity index (χ4n) is 3.09. The standard InChI is InChI=1S/C17H24N2O5S/c1-11(19-15(20)13-14(16(21)22)17(13,2)3)9-10-18-25(23,24)12-7-5-4-6-8-12/h4-8,11,13-14,18H,9-10H2,1-3H3,(H,19,20)(H,21,22)/t11?,13-,14+/m0/s1. The number of benzene rings is 1. The lowest BCUT2D eigenvalue weighted by molar-refractivity contribution is -0.140. The zero-order valence-electron chi connectivity index (χ0n) is 14.5. The molecule has 0 aromatic heterocycles. The van der Waals surface area contributed by atoms with Crippen LogP contribution in [-0.4, -0.2) is 38.0 Å². The highest BCUT2D eigenvalue weighted by molar-refractivity contribution is 7.89. The number of carboxylic acid groups (broad SMARTS) is 1. The third-order valence-corrected chi connectivity index (χ3v) is 6.16. The minimum Gasteiger partial charge on any atom is -0.481 e. The van der Waals surface area contributed by atoms with Gasteiger partial charge in [-0.1, -0.05) is 32.0 Å². The number of hydrogen-bond acceptors (Lipinski definition) is 4. The van der Waals surface area contributed by atoms with Crippen LogP contribution in [0, 0.1) is 17.3 Å². The lowest BCUT2D eigenvalue weighted by Gasteiger charge is -2.15. The van der Waals surface area contributed by atoms with Gasteiger partial charge < -0.3 is 10.4 Å². The molecule has 1 fully saturated rings. The van der Waals surface area contributed by atoms with Crippen molar-refractivity contribution in [3.05, 3.63) is 30.3 Å². The molecule has 0 radical (unpaired) electrons. The Morgan fingerprint density at radius 1 is 1.20 bits per heavy atom. The van der Waals surface area contributed by atoms with Crippen LogP contribution in [0.4, 0.5) is 0 Å². The molecular weight excluding hydrogens is 344 g/mol. The molecule has 8 heteroatoms. The maximum absolute atomic E-state index is 12.2. The average Bonchev–Trinajstić information content (AvgIpc) is 3.11. The second-order valence-corrected chi connectivity index (χ2v) is 8.79. The first-order chi connectivity index (χ1) is 11.6. The van der Waals surface area contributed by atoms with Gasteiger partial charge in [0.1, 0.15) is 0 Å². The van der Waals surface area contributed by atoms with Crippen LogP contribution < -0.4 is 10.0 Å². The second-order valence-electron chi connectivity index (χ2n) is 7.02. The molecule has 0 bridgehead atoms. The van der Waals surface area contributed by atoms with E-state index in [4.69, 9.17) is 5.11 Å². The van der Waals surface area contributed by atoms with E-state index in [1.807, 2.05) is 0 Å². The van der Waals surface area contributed by atoms with Gasteiger partial charge in [0, 0.05) is 12.6 Å². The molecule has 1 aromatic rings. The van der Waals surface area contributed by atoms with Gasteiger partial charge in [0.2, 0.25) is 15.9 Å². The zero-order chi connectivity index (χ0) is 18.8. The number of nitrogens with one attached hydrogen (secondary N) is 2. The second kappa shape index (κ2) is 7.13. The molecule has 1 aromatic carbocycles. The van der Waals surface area contributed by atoms with E-state index >= 15 is 0 Å². The van der Waals surface area contributed by atoms with Crippen LogP contribution >= 0.6 is 0 Å². The SMILES string of the molecule is CC(CCNS(=O)(=O)c1ccccc1)NC(=O)[C@@H]1[C@H](C(=O)O)C1(C)C. The first kappa shape index (κ1) is 19.4. The van der Waals surface area contributed by atoms with Crippen molar-refractivity contribution in [2.75, 3.05) is 6.54 Å². The van der Waals surface area contributed by atoms with Gasteiger partial charge in [-0.2, -0.15) is 0 Å². The van der Waals surface area contributed by atoms with Gasteiger partial charge in [-0.15, -0.1) is 0 Å². The quantitative estimate of drug-likeness (QED) is 0.638. The molecule has 3 atom stereocenters. The first-order valence-electron chi connectivity index (χ1n) is 8.15. The summed E-state index contributed by atoms with van der Waals surface area (Å²) in [6.45, 7) is 5.46. The summed E-state index contributed by atoms with van der Waals surface area (Å²) in [5.41, 5.74) is -0.551. The predicted molar refractivity (Wildman–Crippen MR) is 92.2 cm³/mol. The van der Waals surface area contributed by atoms with Crippen molar-refractivity contribution in [2.24, 2.45) is 17.3 Å². The van der Waals surface area contributed by atoms with Gasteiger partial charge in [-0.05, 0) is 30.9 Å². The molecule has 138 valence electrons. The van der Waals surface area contributed by atoms with Crippen molar-refractivity contribution < 1.29 is 23.1 Å². The Morgan fingerprint density at radius 2 is 1.80 bits per heavy atom. The van der Waals surface area contributed by atoms with Crippen molar-refractivity contribution in [3.63, 3.8) is 0 Å². The molecular formula is C17H24N2O5S. The van der Waals surface area contributed by atoms with Crippen molar-refractivity contribution in [2.45, 2.75) is 38.1 Å². The largest absolute Gasteiger partial charge is 0.481 e. The van der Waals surface area contributed by atoms with E-state index in [-0.39, 0.29) is 23.4 Å².